The maximum absolute atomic E-state index is 12.2. The molecule has 3 heteroatoms. The van der Waals surface area contributed by atoms with Gasteiger partial charge in [-0.3, -0.25) is 4.79 Å². The minimum absolute atomic E-state index is 0.183. The molecule has 0 bridgehead atoms. The first-order chi connectivity index (χ1) is 8.34. The van der Waals surface area contributed by atoms with E-state index in [-0.39, 0.29) is 12.0 Å². The van der Waals surface area contributed by atoms with Gasteiger partial charge in [0.25, 0.3) is 5.91 Å². The third kappa shape index (κ3) is 2.34. The number of hydrogen-bond acceptors (Lipinski definition) is 2. The van der Waals surface area contributed by atoms with Gasteiger partial charge in [0.15, 0.2) is 0 Å². The molecule has 1 amide bonds. The number of carbonyl (C=O) groups excluding carboxylic acids is 1. The monoisotopic (exact) mass is 231 g/mol. The van der Waals surface area contributed by atoms with Gasteiger partial charge in [-0.2, -0.15) is 0 Å². The quantitative estimate of drug-likeness (QED) is 0.791. The van der Waals surface area contributed by atoms with E-state index < -0.39 is 0 Å². The average molecular weight is 231 g/mol. The third-order valence-electron chi connectivity index (χ3n) is 3.46. The lowest BCUT2D eigenvalue weighted by Crippen LogP contribution is -2.49. The Morgan fingerprint density at radius 3 is 2.71 bits per heavy atom. The van der Waals surface area contributed by atoms with Crippen LogP contribution in [0.5, 0.6) is 0 Å². The highest BCUT2D eigenvalue weighted by molar-refractivity contribution is 5.82. The zero-order valence-electron chi connectivity index (χ0n) is 9.84. The molecule has 1 aromatic carbocycles. The number of morpholine rings is 1. The van der Waals surface area contributed by atoms with Crippen LogP contribution in [-0.4, -0.2) is 36.1 Å². The molecule has 1 aliphatic carbocycles. The van der Waals surface area contributed by atoms with Gasteiger partial charge in [-0.1, -0.05) is 30.3 Å². The van der Waals surface area contributed by atoms with E-state index >= 15 is 0 Å². The highest BCUT2D eigenvalue weighted by atomic mass is 16.5. The van der Waals surface area contributed by atoms with Crippen LogP contribution < -0.4 is 0 Å². The van der Waals surface area contributed by atoms with Gasteiger partial charge >= 0.3 is 0 Å². The van der Waals surface area contributed by atoms with Crippen molar-refractivity contribution in [2.75, 3.05) is 13.2 Å². The maximum atomic E-state index is 12.2. The highest BCUT2D eigenvalue weighted by Crippen LogP contribution is 2.29. The van der Waals surface area contributed by atoms with Crippen molar-refractivity contribution in [1.29, 1.82) is 0 Å². The lowest BCUT2D eigenvalue weighted by atomic mass is 10.1. The summed E-state index contributed by atoms with van der Waals surface area (Å²) in [5.41, 5.74) is 1.17. The highest BCUT2D eigenvalue weighted by Gasteiger charge is 2.38. The van der Waals surface area contributed by atoms with Crippen LogP contribution in [0.25, 0.3) is 0 Å². The van der Waals surface area contributed by atoms with Crippen molar-refractivity contribution in [3.8, 4) is 0 Å². The summed E-state index contributed by atoms with van der Waals surface area (Å²) < 4.78 is 5.61. The second-order valence-electron chi connectivity index (χ2n) is 4.81. The molecule has 0 radical (unpaired) electrons. The number of carbonyl (C=O) groups is 1. The summed E-state index contributed by atoms with van der Waals surface area (Å²) in [5, 5.41) is 0. The smallest absolute Gasteiger partial charge is 0.252 e. The lowest BCUT2D eigenvalue weighted by molar-refractivity contribution is -0.153. The Morgan fingerprint density at radius 1 is 1.24 bits per heavy atom. The second-order valence-corrected chi connectivity index (χ2v) is 4.81. The largest absolute Gasteiger partial charge is 0.366 e. The lowest BCUT2D eigenvalue weighted by Gasteiger charge is -2.32. The van der Waals surface area contributed by atoms with Crippen molar-refractivity contribution in [3.63, 3.8) is 0 Å². The Balaban J connectivity index is 1.68. The molecule has 1 unspecified atom stereocenters. The minimum atomic E-state index is -0.272. The van der Waals surface area contributed by atoms with E-state index in [1.807, 2.05) is 35.2 Å². The number of benzene rings is 1. The summed E-state index contributed by atoms with van der Waals surface area (Å²) in [4.78, 5) is 14.2. The average Bonchev–Trinajstić information content (AvgIpc) is 3.17. The van der Waals surface area contributed by atoms with Gasteiger partial charge in [-0.25, -0.2) is 0 Å². The topological polar surface area (TPSA) is 29.5 Å². The Hall–Kier alpha value is -1.35. The zero-order valence-corrected chi connectivity index (χ0v) is 9.84. The molecule has 0 N–H and O–H groups in total. The first-order valence-corrected chi connectivity index (χ1v) is 6.30. The Morgan fingerprint density at radius 2 is 2.00 bits per heavy atom. The van der Waals surface area contributed by atoms with Gasteiger partial charge < -0.3 is 9.64 Å². The van der Waals surface area contributed by atoms with Crippen molar-refractivity contribution >= 4 is 5.91 Å². The van der Waals surface area contributed by atoms with E-state index in [0.717, 1.165) is 6.54 Å². The number of nitrogens with zero attached hydrogens (tertiary/aromatic N) is 1. The normalized spacial score (nSPS) is 25.1. The molecule has 2 fully saturated rings. The van der Waals surface area contributed by atoms with Gasteiger partial charge in [0.1, 0.15) is 6.10 Å². The SMILES string of the molecule is O=C1C(Cc2ccccc2)OCCN1C1CC1. The molecular weight excluding hydrogens is 214 g/mol. The molecule has 1 saturated carbocycles. The van der Waals surface area contributed by atoms with Crippen LogP contribution in [0.15, 0.2) is 30.3 Å². The summed E-state index contributed by atoms with van der Waals surface area (Å²) >= 11 is 0. The number of hydrogen-bond donors (Lipinski definition) is 0. The van der Waals surface area contributed by atoms with Crippen LogP contribution in [0.1, 0.15) is 18.4 Å². The number of ether oxygens (including phenoxy) is 1. The van der Waals surface area contributed by atoms with Crippen LogP contribution in [0.4, 0.5) is 0 Å². The van der Waals surface area contributed by atoms with Crippen molar-refractivity contribution in [2.24, 2.45) is 0 Å². The summed E-state index contributed by atoms with van der Waals surface area (Å²) in [6, 6.07) is 10.6. The Bertz CT molecular complexity index is 400. The molecule has 1 aromatic rings. The van der Waals surface area contributed by atoms with Crippen molar-refractivity contribution < 1.29 is 9.53 Å². The van der Waals surface area contributed by atoms with Gasteiger partial charge in [0.2, 0.25) is 0 Å². The standard InChI is InChI=1S/C14H17NO2/c16-14-13(10-11-4-2-1-3-5-11)17-9-8-15(14)12-6-7-12/h1-5,12-13H,6-10H2. The fourth-order valence-corrected chi connectivity index (χ4v) is 2.38. The van der Waals surface area contributed by atoms with E-state index in [2.05, 4.69) is 0 Å². The zero-order chi connectivity index (χ0) is 11.7. The molecule has 1 heterocycles. The van der Waals surface area contributed by atoms with Gasteiger partial charge in [0.05, 0.1) is 6.61 Å². The van der Waals surface area contributed by atoms with E-state index in [9.17, 15) is 4.79 Å². The predicted molar refractivity (Wildman–Crippen MR) is 64.6 cm³/mol. The van der Waals surface area contributed by atoms with Gasteiger partial charge in [-0.05, 0) is 18.4 Å². The summed E-state index contributed by atoms with van der Waals surface area (Å²) in [7, 11) is 0. The predicted octanol–water partition coefficient (Wildman–Crippen LogP) is 1.62. The summed E-state index contributed by atoms with van der Waals surface area (Å²) in [6.07, 6.45) is 2.77. The van der Waals surface area contributed by atoms with Crippen molar-refractivity contribution in [3.05, 3.63) is 35.9 Å². The molecular formula is C14H17NO2. The molecule has 3 nitrogen and oxygen atoms in total. The van der Waals surface area contributed by atoms with Gasteiger partial charge in [0, 0.05) is 19.0 Å². The molecule has 0 spiro atoms. The Kier molecular flexibility index (Phi) is 2.85. The molecule has 2 aliphatic rings. The second kappa shape index (κ2) is 4.49. The molecule has 90 valence electrons. The van der Waals surface area contributed by atoms with Gasteiger partial charge in [-0.15, -0.1) is 0 Å². The van der Waals surface area contributed by atoms with E-state index in [1.165, 1.54) is 18.4 Å². The number of amides is 1. The Labute approximate surface area is 101 Å². The third-order valence-corrected chi connectivity index (χ3v) is 3.46. The fourth-order valence-electron chi connectivity index (χ4n) is 2.38. The maximum Gasteiger partial charge on any atom is 0.252 e. The molecule has 0 aromatic heterocycles. The molecule has 3 rings (SSSR count). The first kappa shape index (κ1) is 10.8. The van der Waals surface area contributed by atoms with Crippen LogP contribution in [0, 0.1) is 0 Å². The minimum Gasteiger partial charge on any atom is -0.366 e. The molecule has 17 heavy (non-hydrogen) atoms. The van der Waals surface area contributed by atoms with E-state index in [4.69, 9.17) is 4.74 Å². The van der Waals surface area contributed by atoms with E-state index in [1.54, 1.807) is 0 Å². The van der Waals surface area contributed by atoms with E-state index in [0.29, 0.717) is 19.1 Å². The summed E-state index contributed by atoms with van der Waals surface area (Å²) in [5.74, 6) is 0.183. The van der Waals surface area contributed by atoms with Crippen molar-refractivity contribution in [1.82, 2.24) is 4.90 Å². The molecule has 1 aliphatic heterocycles. The van der Waals surface area contributed by atoms with Crippen LogP contribution in [-0.2, 0) is 16.0 Å². The molecule has 1 atom stereocenters. The summed E-state index contributed by atoms with van der Waals surface area (Å²) in [6.45, 7) is 1.45. The van der Waals surface area contributed by atoms with Crippen LogP contribution >= 0.6 is 0 Å². The van der Waals surface area contributed by atoms with Crippen LogP contribution in [0.2, 0.25) is 0 Å². The first-order valence-electron chi connectivity index (χ1n) is 6.30. The number of rotatable bonds is 3. The molecule has 1 saturated heterocycles. The van der Waals surface area contributed by atoms with Crippen molar-refractivity contribution in [2.45, 2.75) is 31.4 Å². The fraction of sp³-hybridized carbons (Fsp3) is 0.500. The van der Waals surface area contributed by atoms with Crippen LogP contribution in [0.3, 0.4) is 0 Å².